The summed E-state index contributed by atoms with van der Waals surface area (Å²) < 4.78 is 24.6. The van der Waals surface area contributed by atoms with Crippen LogP contribution < -0.4 is 4.72 Å². The van der Waals surface area contributed by atoms with Gasteiger partial charge in [0.05, 0.1) is 6.26 Å². The van der Waals surface area contributed by atoms with Crippen molar-refractivity contribution in [3.8, 4) is 0 Å². The molecule has 0 atom stereocenters. The van der Waals surface area contributed by atoms with Crippen LogP contribution in [0.15, 0.2) is 18.2 Å². The Bertz CT molecular complexity index is 540. The summed E-state index contributed by atoms with van der Waals surface area (Å²) in [5.74, 6) is 0. The summed E-state index contributed by atoms with van der Waals surface area (Å²) in [5, 5.41) is 0. The molecule has 0 saturated carbocycles. The van der Waals surface area contributed by atoms with Crippen LogP contribution in [0, 0.1) is 0 Å². The van der Waals surface area contributed by atoms with Crippen molar-refractivity contribution in [3.05, 3.63) is 34.9 Å². The van der Waals surface area contributed by atoms with E-state index in [9.17, 15) is 8.42 Å². The summed E-state index contributed by atoms with van der Waals surface area (Å²) in [6.45, 7) is 5.35. The summed E-state index contributed by atoms with van der Waals surface area (Å²) in [4.78, 5) is 2.31. The number of hydrogen-bond donors (Lipinski definition) is 1. The summed E-state index contributed by atoms with van der Waals surface area (Å²) in [7, 11) is -3.07. The second kappa shape index (κ2) is 6.03. The molecule has 0 aromatic heterocycles. The van der Waals surface area contributed by atoms with Gasteiger partial charge in [-0.15, -0.1) is 0 Å². The number of nitrogens with one attached hydrogen (secondary N) is 1. The van der Waals surface area contributed by atoms with Gasteiger partial charge in [-0.25, -0.2) is 13.1 Å². The van der Waals surface area contributed by atoms with Gasteiger partial charge in [-0.3, -0.25) is 4.90 Å². The Balaban J connectivity index is 1.93. The van der Waals surface area contributed by atoms with Crippen molar-refractivity contribution in [2.75, 3.05) is 25.9 Å². The van der Waals surface area contributed by atoms with Crippen LogP contribution in [0.2, 0.25) is 0 Å². The van der Waals surface area contributed by atoms with E-state index in [1.54, 1.807) is 0 Å². The fraction of sp³-hybridized carbons (Fsp3) is 0.571. The number of aryl methyl sites for hydroxylation is 1. The Morgan fingerprint density at radius 1 is 1.32 bits per heavy atom. The molecule has 0 aliphatic carbocycles. The fourth-order valence-electron chi connectivity index (χ4n) is 2.47. The van der Waals surface area contributed by atoms with Gasteiger partial charge in [0.25, 0.3) is 0 Å². The van der Waals surface area contributed by atoms with Crippen LogP contribution in [0.3, 0.4) is 0 Å². The minimum atomic E-state index is -3.07. The van der Waals surface area contributed by atoms with Crippen molar-refractivity contribution in [1.82, 2.24) is 9.62 Å². The van der Waals surface area contributed by atoms with Crippen LogP contribution >= 0.6 is 0 Å². The predicted octanol–water partition coefficient (Wildman–Crippen LogP) is 1.16. The van der Waals surface area contributed by atoms with Crippen molar-refractivity contribution in [2.45, 2.75) is 26.3 Å². The van der Waals surface area contributed by atoms with Gasteiger partial charge in [0.2, 0.25) is 10.0 Å². The first-order valence-electron chi connectivity index (χ1n) is 6.75. The molecule has 1 heterocycles. The predicted molar refractivity (Wildman–Crippen MR) is 77.6 cm³/mol. The highest BCUT2D eigenvalue weighted by atomic mass is 32.2. The molecule has 0 saturated heterocycles. The lowest BCUT2D eigenvalue weighted by atomic mass is 9.96. The van der Waals surface area contributed by atoms with E-state index in [-0.39, 0.29) is 0 Å². The van der Waals surface area contributed by atoms with Gasteiger partial charge in [0, 0.05) is 26.2 Å². The minimum Gasteiger partial charge on any atom is -0.297 e. The largest absolute Gasteiger partial charge is 0.297 e. The van der Waals surface area contributed by atoms with E-state index in [1.807, 2.05) is 0 Å². The minimum absolute atomic E-state index is 0.488. The second-order valence-electron chi connectivity index (χ2n) is 5.15. The van der Waals surface area contributed by atoms with Gasteiger partial charge in [-0.05, 0) is 29.5 Å². The highest BCUT2D eigenvalue weighted by molar-refractivity contribution is 7.88. The maximum atomic E-state index is 11.0. The monoisotopic (exact) mass is 282 g/mol. The first kappa shape index (κ1) is 14.5. The quantitative estimate of drug-likeness (QED) is 0.881. The molecule has 2 rings (SSSR count). The van der Waals surface area contributed by atoms with Crippen LogP contribution in [-0.2, 0) is 29.4 Å². The summed E-state index contributed by atoms with van der Waals surface area (Å²) in [6, 6.07) is 6.73. The molecule has 1 aromatic carbocycles. The van der Waals surface area contributed by atoms with E-state index in [4.69, 9.17) is 0 Å². The molecule has 1 N–H and O–H groups in total. The molecular weight excluding hydrogens is 260 g/mol. The van der Waals surface area contributed by atoms with Crippen molar-refractivity contribution in [1.29, 1.82) is 0 Å². The number of fused-ring (bicyclic) bond motifs is 1. The molecule has 0 unspecified atom stereocenters. The topological polar surface area (TPSA) is 49.4 Å². The Hall–Kier alpha value is -0.910. The van der Waals surface area contributed by atoms with Gasteiger partial charge in [0.15, 0.2) is 0 Å². The van der Waals surface area contributed by atoms with Crippen LogP contribution in [0.25, 0.3) is 0 Å². The van der Waals surface area contributed by atoms with Crippen LogP contribution in [0.5, 0.6) is 0 Å². The van der Waals surface area contributed by atoms with Gasteiger partial charge in [-0.2, -0.15) is 0 Å². The molecule has 0 amide bonds. The highest BCUT2D eigenvalue weighted by Crippen LogP contribution is 2.20. The molecule has 1 aromatic rings. The van der Waals surface area contributed by atoms with E-state index in [2.05, 4.69) is 34.7 Å². The zero-order valence-corrected chi connectivity index (χ0v) is 12.5. The third kappa shape index (κ3) is 4.30. The van der Waals surface area contributed by atoms with E-state index in [0.29, 0.717) is 6.54 Å². The standard InChI is InChI=1S/C14H22N2O2S/c1-3-12-4-5-13-6-8-16(11-14(13)10-12)9-7-15-19(2,17)18/h4-5,10,15H,3,6-9,11H2,1-2H3. The Labute approximate surface area is 115 Å². The zero-order chi connectivity index (χ0) is 13.9. The maximum absolute atomic E-state index is 11.0. The Morgan fingerprint density at radius 3 is 2.79 bits per heavy atom. The molecule has 19 heavy (non-hydrogen) atoms. The number of hydrogen-bond acceptors (Lipinski definition) is 3. The molecule has 0 fully saturated rings. The first-order chi connectivity index (χ1) is 8.98. The maximum Gasteiger partial charge on any atom is 0.208 e. The van der Waals surface area contributed by atoms with Crippen LogP contribution in [0.4, 0.5) is 0 Å². The highest BCUT2D eigenvalue weighted by Gasteiger charge is 2.16. The number of nitrogens with zero attached hydrogens (tertiary/aromatic N) is 1. The smallest absolute Gasteiger partial charge is 0.208 e. The Morgan fingerprint density at radius 2 is 2.11 bits per heavy atom. The molecule has 106 valence electrons. The normalized spacial score (nSPS) is 16.3. The average Bonchev–Trinajstić information content (AvgIpc) is 2.36. The van der Waals surface area contributed by atoms with E-state index in [1.165, 1.54) is 22.9 Å². The zero-order valence-electron chi connectivity index (χ0n) is 11.6. The molecule has 4 nitrogen and oxygen atoms in total. The lowest BCUT2D eigenvalue weighted by Gasteiger charge is -2.29. The van der Waals surface area contributed by atoms with Gasteiger partial charge in [0.1, 0.15) is 0 Å². The van der Waals surface area contributed by atoms with Gasteiger partial charge < -0.3 is 0 Å². The van der Waals surface area contributed by atoms with Crippen LogP contribution in [-0.4, -0.2) is 39.2 Å². The van der Waals surface area contributed by atoms with Crippen LogP contribution in [0.1, 0.15) is 23.6 Å². The van der Waals surface area contributed by atoms with Gasteiger partial charge >= 0.3 is 0 Å². The average molecular weight is 282 g/mol. The molecule has 5 heteroatoms. The van der Waals surface area contributed by atoms with Crippen molar-refractivity contribution < 1.29 is 8.42 Å². The molecule has 1 aliphatic heterocycles. The summed E-state index contributed by atoms with van der Waals surface area (Å²) >= 11 is 0. The molecule has 0 radical (unpaired) electrons. The molecular formula is C14H22N2O2S. The number of rotatable bonds is 5. The van der Waals surface area contributed by atoms with Crippen molar-refractivity contribution in [2.24, 2.45) is 0 Å². The molecule has 0 bridgehead atoms. The third-order valence-electron chi connectivity index (χ3n) is 3.56. The fourth-order valence-corrected chi connectivity index (χ4v) is 2.93. The molecule has 0 spiro atoms. The number of sulfonamides is 1. The number of benzene rings is 1. The molecule has 1 aliphatic rings. The van der Waals surface area contributed by atoms with Gasteiger partial charge in [-0.1, -0.05) is 25.1 Å². The Kier molecular flexibility index (Phi) is 4.60. The lowest BCUT2D eigenvalue weighted by Crippen LogP contribution is -2.37. The van der Waals surface area contributed by atoms with E-state index >= 15 is 0 Å². The summed E-state index contributed by atoms with van der Waals surface area (Å²) in [6.07, 6.45) is 3.31. The second-order valence-corrected chi connectivity index (χ2v) is 6.98. The van der Waals surface area contributed by atoms with E-state index < -0.39 is 10.0 Å². The van der Waals surface area contributed by atoms with Crippen molar-refractivity contribution in [3.63, 3.8) is 0 Å². The van der Waals surface area contributed by atoms with Crippen molar-refractivity contribution >= 4 is 10.0 Å². The SMILES string of the molecule is CCc1ccc2c(c1)CN(CCNS(C)(=O)=O)CC2. The lowest BCUT2D eigenvalue weighted by molar-refractivity contribution is 0.258. The summed E-state index contributed by atoms with van der Waals surface area (Å²) in [5.41, 5.74) is 4.20. The third-order valence-corrected chi connectivity index (χ3v) is 4.29. The first-order valence-corrected chi connectivity index (χ1v) is 8.65. The van der Waals surface area contributed by atoms with E-state index in [0.717, 1.165) is 32.5 Å².